The number of aliphatic carboxylic acids is 1. The van der Waals surface area contributed by atoms with E-state index in [1.54, 1.807) is 13.0 Å². The first kappa shape index (κ1) is 15.9. The second-order valence-electron chi connectivity index (χ2n) is 4.89. The minimum Gasteiger partial charge on any atom is -0.481 e. The molecule has 1 atom stereocenters. The number of pyridine rings is 1. The van der Waals surface area contributed by atoms with E-state index in [9.17, 15) is 9.59 Å². The summed E-state index contributed by atoms with van der Waals surface area (Å²) in [7, 11) is 0. The summed E-state index contributed by atoms with van der Waals surface area (Å²) in [6.07, 6.45) is 0.840. The number of amides is 1. The van der Waals surface area contributed by atoms with Crippen LogP contribution in [0.15, 0.2) is 6.07 Å². The van der Waals surface area contributed by atoms with Crippen molar-refractivity contribution in [1.82, 2.24) is 4.98 Å². The molecular weight excluding hydrogens is 258 g/mol. The van der Waals surface area contributed by atoms with Crippen molar-refractivity contribution >= 4 is 17.6 Å². The van der Waals surface area contributed by atoms with Gasteiger partial charge in [-0.15, -0.1) is 0 Å². The third-order valence-electron chi connectivity index (χ3n) is 3.20. The van der Waals surface area contributed by atoms with Gasteiger partial charge in [0, 0.05) is 18.7 Å². The number of rotatable bonds is 7. The van der Waals surface area contributed by atoms with Crippen molar-refractivity contribution in [2.45, 2.75) is 33.6 Å². The van der Waals surface area contributed by atoms with Crippen LogP contribution in [0.5, 0.6) is 0 Å². The average Bonchev–Trinajstić information content (AvgIpc) is 2.32. The molecule has 1 aromatic rings. The van der Waals surface area contributed by atoms with Crippen LogP contribution < -0.4 is 11.1 Å². The lowest BCUT2D eigenvalue weighted by Gasteiger charge is -2.17. The Labute approximate surface area is 118 Å². The number of carboxylic acids is 1. The molecule has 0 aliphatic rings. The summed E-state index contributed by atoms with van der Waals surface area (Å²) in [5.41, 5.74) is 7.71. The summed E-state index contributed by atoms with van der Waals surface area (Å²) in [5.74, 6) is -1.36. The van der Waals surface area contributed by atoms with Gasteiger partial charge in [-0.3, -0.25) is 14.6 Å². The molecule has 0 aliphatic carbocycles. The molecule has 110 valence electrons. The van der Waals surface area contributed by atoms with E-state index in [4.69, 9.17) is 10.8 Å². The van der Waals surface area contributed by atoms with Gasteiger partial charge >= 0.3 is 5.97 Å². The molecule has 0 aromatic carbocycles. The fourth-order valence-electron chi connectivity index (χ4n) is 2.14. The largest absolute Gasteiger partial charge is 0.481 e. The smallest absolute Gasteiger partial charge is 0.303 e. The summed E-state index contributed by atoms with van der Waals surface area (Å²) in [6, 6.07) is 1.75. The Morgan fingerprint density at radius 3 is 2.60 bits per heavy atom. The molecule has 0 radical (unpaired) electrons. The maximum absolute atomic E-state index is 11.5. The predicted molar refractivity (Wildman–Crippen MR) is 76.8 cm³/mol. The van der Waals surface area contributed by atoms with Gasteiger partial charge in [-0.2, -0.15) is 0 Å². The van der Waals surface area contributed by atoms with Gasteiger partial charge < -0.3 is 16.2 Å². The molecule has 0 saturated heterocycles. The van der Waals surface area contributed by atoms with Crippen molar-refractivity contribution in [3.8, 4) is 0 Å². The summed E-state index contributed by atoms with van der Waals surface area (Å²) in [4.78, 5) is 26.5. The Bertz CT molecular complexity index is 515. The lowest BCUT2D eigenvalue weighted by atomic mass is 10.0. The number of nitrogens with zero attached hydrogens (tertiary/aromatic N) is 1. The summed E-state index contributed by atoms with van der Waals surface area (Å²) in [5, 5.41) is 12.0. The minimum atomic E-state index is -0.823. The topological polar surface area (TPSA) is 105 Å². The Balaban J connectivity index is 2.91. The van der Waals surface area contributed by atoms with Gasteiger partial charge in [0.15, 0.2) is 0 Å². The van der Waals surface area contributed by atoms with E-state index in [2.05, 4.69) is 10.3 Å². The first-order chi connectivity index (χ1) is 9.35. The van der Waals surface area contributed by atoms with Gasteiger partial charge in [0.05, 0.1) is 16.9 Å². The van der Waals surface area contributed by atoms with E-state index in [0.29, 0.717) is 23.5 Å². The second-order valence-corrected chi connectivity index (χ2v) is 4.89. The molecule has 0 spiro atoms. The van der Waals surface area contributed by atoms with Crippen molar-refractivity contribution in [1.29, 1.82) is 0 Å². The van der Waals surface area contributed by atoms with E-state index in [0.717, 1.165) is 12.1 Å². The third kappa shape index (κ3) is 4.22. The molecule has 0 bridgehead atoms. The fourth-order valence-corrected chi connectivity index (χ4v) is 2.14. The van der Waals surface area contributed by atoms with Crippen LogP contribution in [0.1, 0.15) is 41.5 Å². The van der Waals surface area contributed by atoms with E-state index in [-0.39, 0.29) is 12.3 Å². The van der Waals surface area contributed by atoms with Crippen LogP contribution in [0.4, 0.5) is 5.69 Å². The Kier molecular flexibility index (Phi) is 5.49. The van der Waals surface area contributed by atoms with Gasteiger partial charge in [0.2, 0.25) is 0 Å². The molecule has 6 nitrogen and oxygen atoms in total. The van der Waals surface area contributed by atoms with Gasteiger partial charge in [0.1, 0.15) is 0 Å². The number of nitrogens with one attached hydrogen (secondary N) is 1. The normalized spacial score (nSPS) is 11.9. The average molecular weight is 279 g/mol. The Morgan fingerprint density at radius 1 is 1.45 bits per heavy atom. The maximum atomic E-state index is 11.5. The molecule has 20 heavy (non-hydrogen) atoms. The zero-order chi connectivity index (χ0) is 15.3. The van der Waals surface area contributed by atoms with Crippen LogP contribution >= 0.6 is 0 Å². The number of carbonyl (C=O) groups is 2. The number of nitrogens with two attached hydrogens (primary N) is 1. The molecule has 6 heteroatoms. The number of primary amides is 1. The highest BCUT2D eigenvalue weighted by atomic mass is 16.4. The highest BCUT2D eigenvalue weighted by molar-refractivity contribution is 5.99. The molecule has 1 rings (SSSR count). The highest BCUT2D eigenvalue weighted by Crippen LogP contribution is 2.20. The van der Waals surface area contributed by atoms with Crippen LogP contribution in [-0.4, -0.2) is 28.5 Å². The molecule has 1 heterocycles. The summed E-state index contributed by atoms with van der Waals surface area (Å²) < 4.78 is 0. The highest BCUT2D eigenvalue weighted by Gasteiger charge is 2.16. The number of carbonyl (C=O) groups excluding carboxylic acids is 1. The van der Waals surface area contributed by atoms with Crippen molar-refractivity contribution in [3.05, 3.63) is 23.0 Å². The second kappa shape index (κ2) is 6.88. The van der Waals surface area contributed by atoms with Crippen LogP contribution in [0.3, 0.4) is 0 Å². The molecule has 0 saturated carbocycles. The zero-order valence-corrected chi connectivity index (χ0v) is 12.1. The Hall–Kier alpha value is -2.11. The van der Waals surface area contributed by atoms with Crippen molar-refractivity contribution in [2.75, 3.05) is 11.9 Å². The number of anilines is 1. The van der Waals surface area contributed by atoms with Crippen molar-refractivity contribution in [3.63, 3.8) is 0 Å². The maximum Gasteiger partial charge on any atom is 0.303 e. The van der Waals surface area contributed by atoms with E-state index < -0.39 is 11.9 Å². The standard InChI is InChI=1S/C14H21N3O3/c1-4-10(6-12(18)19)7-16-11-5-8(2)17-9(3)13(11)14(15)20/h5,10H,4,6-7H2,1-3H3,(H2,15,20)(H,16,17)(H,18,19). The molecule has 0 fully saturated rings. The first-order valence-corrected chi connectivity index (χ1v) is 6.58. The number of hydrogen-bond acceptors (Lipinski definition) is 4. The van der Waals surface area contributed by atoms with E-state index >= 15 is 0 Å². The van der Waals surface area contributed by atoms with Gasteiger partial charge in [-0.05, 0) is 25.8 Å². The lowest BCUT2D eigenvalue weighted by Crippen LogP contribution is -2.21. The quantitative estimate of drug-likeness (QED) is 0.704. The lowest BCUT2D eigenvalue weighted by molar-refractivity contribution is -0.138. The summed E-state index contributed by atoms with van der Waals surface area (Å²) >= 11 is 0. The van der Waals surface area contributed by atoms with Crippen LogP contribution in [0.2, 0.25) is 0 Å². The van der Waals surface area contributed by atoms with Gasteiger partial charge in [-0.25, -0.2) is 0 Å². The summed E-state index contributed by atoms with van der Waals surface area (Å²) in [6.45, 7) is 5.98. The molecule has 1 amide bonds. The van der Waals surface area contributed by atoms with Gasteiger partial charge in [0.25, 0.3) is 5.91 Å². The van der Waals surface area contributed by atoms with Crippen molar-refractivity contribution < 1.29 is 14.7 Å². The predicted octanol–water partition coefficient (Wildman–Crippen LogP) is 1.71. The monoisotopic (exact) mass is 279 g/mol. The van der Waals surface area contributed by atoms with Crippen LogP contribution in [-0.2, 0) is 4.79 Å². The minimum absolute atomic E-state index is 0.00186. The molecular formula is C14H21N3O3. The first-order valence-electron chi connectivity index (χ1n) is 6.58. The number of carboxylic acid groups (broad SMARTS) is 1. The molecule has 0 aliphatic heterocycles. The van der Waals surface area contributed by atoms with E-state index in [1.807, 2.05) is 13.8 Å². The fraction of sp³-hybridized carbons (Fsp3) is 0.500. The van der Waals surface area contributed by atoms with Gasteiger partial charge in [-0.1, -0.05) is 13.3 Å². The van der Waals surface area contributed by atoms with E-state index in [1.165, 1.54) is 0 Å². The third-order valence-corrected chi connectivity index (χ3v) is 3.20. The van der Waals surface area contributed by atoms with Crippen LogP contribution in [0.25, 0.3) is 0 Å². The number of aryl methyl sites for hydroxylation is 2. The number of aromatic nitrogens is 1. The Morgan fingerprint density at radius 2 is 2.10 bits per heavy atom. The SMILES string of the molecule is CCC(CNc1cc(C)nc(C)c1C(N)=O)CC(=O)O. The molecule has 1 unspecified atom stereocenters. The van der Waals surface area contributed by atoms with Crippen molar-refractivity contribution in [2.24, 2.45) is 11.7 Å². The zero-order valence-electron chi connectivity index (χ0n) is 12.1. The van der Waals surface area contributed by atoms with Crippen LogP contribution in [0, 0.1) is 19.8 Å². The number of hydrogen-bond donors (Lipinski definition) is 3. The molecule has 1 aromatic heterocycles. The molecule has 4 N–H and O–H groups in total.